The number of hydrogen-bond donors (Lipinski definition) is 1. The minimum Gasteiger partial charge on any atom is -0.330 e. The van der Waals surface area contributed by atoms with Crippen LogP contribution in [0.25, 0.3) is 11.3 Å². The molecular weight excluding hydrogens is 331 g/mol. The molecule has 0 spiro atoms. The van der Waals surface area contributed by atoms with E-state index in [0.29, 0.717) is 16.5 Å². The molecule has 2 heterocycles. The van der Waals surface area contributed by atoms with Gasteiger partial charge in [0, 0.05) is 35.9 Å². The maximum Gasteiger partial charge on any atom is 0.126 e. The van der Waals surface area contributed by atoms with Gasteiger partial charge in [-0.15, -0.1) is 0 Å². The summed E-state index contributed by atoms with van der Waals surface area (Å²) in [5, 5.41) is 1.19. The van der Waals surface area contributed by atoms with Crippen LogP contribution < -0.4 is 5.73 Å². The SMILES string of the molecule is Cn1c(-c2ccc(Cl)cc2Cl)cnc1[C@@H](N)Cc1ccccn1. The first-order valence-corrected chi connectivity index (χ1v) is 7.94. The molecule has 0 aliphatic rings. The van der Waals surface area contributed by atoms with Crippen LogP contribution in [0.5, 0.6) is 0 Å². The van der Waals surface area contributed by atoms with E-state index in [1.54, 1.807) is 18.5 Å². The molecule has 118 valence electrons. The molecule has 0 saturated carbocycles. The summed E-state index contributed by atoms with van der Waals surface area (Å²) < 4.78 is 1.96. The summed E-state index contributed by atoms with van der Waals surface area (Å²) in [5.74, 6) is 0.789. The molecule has 2 N–H and O–H groups in total. The molecule has 0 bridgehead atoms. The van der Waals surface area contributed by atoms with Gasteiger partial charge in [-0.25, -0.2) is 4.98 Å². The molecule has 0 unspecified atom stereocenters. The molecule has 1 aromatic carbocycles. The summed E-state index contributed by atoms with van der Waals surface area (Å²) >= 11 is 12.2. The van der Waals surface area contributed by atoms with E-state index in [1.165, 1.54) is 0 Å². The number of hydrogen-bond acceptors (Lipinski definition) is 3. The molecule has 2 aromatic heterocycles. The molecule has 0 aliphatic carbocycles. The summed E-state index contributed by atoms with van der Waals surface area (Å²) in [4.78, 5) is 8.78. The second-order valence-corrected chi connectivity index (χ2v) is 6.16. The minimum atomic E-state index is -0.241. The van der Waals surface area contributed by atoms with E-state index in [9.17, 15) is 0 Å². The number of rotatable bonds is 4. The quantitative estimate of drug-likeness (QED) is 0.775. The van der Waals surface area contributed by atoms with Crippen molar-refractivity contribution in [3.05, 3.63) is 70.4 Å². The van der Waals surface area contributed by atoms with Crippen molar-refractivity contribution >= 4 is 23.2 Å². The molecule has 6 heteroatoms. The molecule has 0 amide bonds. The zero-order valence-corrected chi connectivity index (χ0v) is 14.1. The van der Waals surface area contributed by atoms with E-state index in [1.807, 2.05) is 41.9 Å². The molecule has 0 aliphatic heterocycles. The van der Waals surface area contributed by atoms with Crippen LogP contribution in [-0.4, -0.2) is 14.5 Å². The average Bonchev–Trinajstić information content (AvgIpc) is 2.90. The number of pyridine rings is 1. The lowest BCUT2D eigenvalue weighted by Crippen LogP contribution is -2.18. The smallest absolute Gasteiger partial charge is 0.126 e. The van der Waals surface area contributed by atoms with Gasteiger partial charge < -0.3 is 10.3 Å². The normalized spacial score (nSPS) is 12.3. The molecule has 3 rings (SSSR count). The number of nitrogens with two attached hydrogens (primary N) is 1. The third-order valence-corrected chi connectivity index (χ3v) is 4.27. The van der Waals surface area contributed by atoms with Gasteiger partial charge >= 0.3 is 0 Å². The van der Waals surface area contributed by atoms with Gasteiger partial charge in [-0.1, -0.05) is 29.3 Å². The second-order valence-electron chi connectivity index (χ2n) is 5.32. The lowest BCUT2D eigenvalue weighted by Gasteiger charge is -2.13. The summed E-state index contributed by atoms with van der Waals surface area (Å²) in [5.41, 5.74) is 9.02. The summed E-state index contributed by atoms with van der Waals surface area (Å²) in [6.45, 7) is 0. The summed E-state index contributed by atoms with van der Waals surface area (Å²) in [7, 11) is 1.93. The van der Waals surface area contributed by atoms with Crippen molar-refractivity contribution in [2.45, 2.75) is 12.5 Å². The van der Waals surface area contributed by atoms with Crippen LogP contribution in [0, 0.1) is 0 Å². The van der Waals surface area contributed by atoms with Gasteiger partial charge in [-0.05, 0) is 30.3 Å². The number of aromatic nitrogens is 3. The molecule has 3 aromatic rings. The van der Waals surface area contributed by atoms with Crippen LogP contribution >= 0.6 is 23.2 Å². The fourth-order valence-corrected chi connectivity index (χ4v) is 3.06. The van der Waals surface area contributed by atoms with Crippen LogP contribution in [0.1, 0.15) is 17.6 Å². The molecule has 4 nitrogen and oxygen atoms in total. The van der Waals surface area contributed by atoms with E-state index in [0.717, 1.165) is 22.8 Å². The number of nitrogens with zero attached hydrogens (tertiary/aromatic N) is 3. The second kappa shape index (κ2) is 6.71. The first-order valence-electron chi connectivity index (χ1n) is 7.19. The van der Waals surface area contributed by atoms with Gasteiger partial charge in [-0.2, -0.15) is 0 Å². The monoisotopic (exact) mass is 346 g/mol. The van der Waals surface area contributed by atoms with E-state index >= 15 is 0 Å². The first-order chi connectivity index (χ1) is 11.1. The maximum absolute atomic E-state index is 6.30. The molecule has 0 fully saturated rings. The van der Waals surface area contributed by atoms with Crippen LogP contribution in [0.15, 0.2) is 48.8 Å². The Labute approximate surface area is 144 Å². The number of imidazole rings is 1. The summed E-state index contributed by atoms with van der Waals surface area (Å²) in [6, 6.07) is 11.0. The molecule has 23 heavy (non-hydrogen) atoms. The van der Waals surface area contributed by atoms with Gasteiger partial charge in [-0.3, -0.25) is 4.98 Å². The Hall–Kier alpha value is -1.88. The predicted octanol–water partition coefficient (Wildman–Crippen LogP) is 4.03. The largest absolute Gasteiger partial charge is 0.330 e. The Bertz CT molecular complexity index is 815. The van der Waals surface area contributed by atoms with Gasteiger partial charge in [0.2, 0.25) is 0 Å². The van der Waals surface area contributed by atoms with E-state index in [2.05, 4.69) is 9.97 Å². The molecular formula is C17H16Cl2N4. The van der Waals surface area contributed by atoms with E-state index in [4.69, 9.17) is 28.9 Å². The first kappa shape index (κ1) is 16.0. The van der Waals surface area contributed by atoms with Gasteiger partial charge in [0.15, 0.2) is 0 Å². The van der Waals surface area contributed by atoms with E-state index in [-0.39, 0.29) is 6.04 Å². The van der Waals surface area contributed by atoms with Gasteiger partial charge in [0.25, 0.3) is 0 Å². The van der Waals surface area contributed by atoms with Gasteiger partial charge in [0.05, 0.1) is 23.0 Å². The highest BCUT2D eigenvalue weighted by Crippen LogP contribution is 2.31. The topological polar surface area (TPSA) is 56.7 Å². The average molecular weight is 347 g/mol. The van der Waals surface area contributed by atoms with Crippen molar-refractivity contribution in [2.24, 2.45) is 12.8 Å². The Morgan fingerprint density at radius 1 is 1.17 bits per heavy atom. The minimum absolute atomic E-state index is 0.241. The molecule has 0 saturated heterocycles. The molecule has 0 radical (unpaired) electrons. The number of benzene rings is 1. The predicted molar refractivity (Wildman–Crippen MR) is 93.5 cm³/mol. The Kier molecular flexibility index (Phi) is 4.66. The highest BCUT2D eigenvalue weighted by Gasteiger charge is 2.17. The van der Waals surface area contributed by atoms with Crippen molar-refractivity contribution in [1.82, 2.24) is 14.5 Å². The van der Waals surface area contributed by atoms with Crippen LogP contribution in [0.3, 0.4) is 0 Å². The highest BCUT2D eigenvalue weighted by molar-refractivity contribution is 6.36. The third kappa shape index (κ3) is 3.39. The van der Waals surface area contributed by atoms with Crippen molar-refractivity contribution in [1.29, 1.82) is 0 Å². The van der Waals surface area contributed by atoms with Crippen molar-refractivity contribution in [3.63, 3.8) is 0 Å². The van der Waals surface area contributed by atoms with Crippen molar-refractivity contribution in [3.8, 4) is 11.3 Å². The Balaban J connectivity index is 1.90. The fourth-order valence-electron chi connectivity index (χ4n) is 2.55. The lowest BCUT2D eigenvalue weighted by molar-refractivity contribution is 0.626. The van der Waals surface area contributed by atoms with Crippen molar-refractivity contribution < 1.29 is 0 Å². The summed E-state index contributed by atoms with van der Waals surface area (Å²) in [6.07, 6.45) is 4.17. The van der Waals surface area contributed by atoms with Crippen LogP contribution in [0.4, 0.5) is 0 Å². The number of halogens is 2. The zero-order chi connectivity index (χ0) is 16.4. The van der Waals surface area contributed by atoms with Crippen molar-refractivity contribution in [2.75, 3.05) is 0 Å². The lowest BCUT2D eigenvalue weighted by atomic mass is 10.1. The fraction of sp³-hybridized carbons (Fsp3) is 0.176. The van der Waals surface area contributed by atoms with E-state index < -0.39 is 0 Å². The third-order valence-electron chi connectivity index (χ3n) is 3.72. The standard InChI is InChI=1S/C17H16Cl2N4/c1-23-16(13-6-5-11(18)8-14(13)19)10-22-17(23)15(20)9-12-4-2-3-7-21-12/h2-8,10,15H,9,20H2,1H3/t15-/m0/s1. The zero-order valence-electron chi connectivity index (χ0n) is 12.6. The molecule has 1 atom stereocenters. The maximum atomic E-state index is 6.30. The van der Waals surface area contributed by atoms with Crippen LogP contribution in [0.2, 0.25) is 10.0 Å². The highest BCUT2D eigenvalue weighted by atomic mass is 35.5. The van der Waals surface area contributed by atoms with Crippen LogP contribution in [-0.2, 0) is 13.5 Å². The Morgan fingerprint density at radius 3 is 2.70 bits per heavy atom. The van der Waals surface area contributed by atoms with Gasteiger partial charge in [0.1, 0.15) is 5.82 Å². The Morgan fingerprint density at radius 2 is 2.00 bits per heavy atom.